The summed E-state index contributed by atoms with van der Waals surface area (Å²) in [6, 6.07) is 8.57. The molecule has 2 rings (SSSR count). The molecule has 0 radical (unpaired) electrons. The molecule has 1 aromatic carbocycles. The highest BCUT2D eigenvalue weighted by molar-refractivity contribution is 6.09. The van der Waals surface area contributed by atoms with Crippen molar-refractivity contribution in [3.8, 4) is 0 Å². The van der Waals surface area contributed by atoms with Crippen LogP contribution in [0.3, 0.4) is 0 Å². The largest absolute Gasteiger partial charge is 0.352 e. The van der Waals surface area contributed by atoms with Crippen molar-refractivity contribution in [2.75, 3.05) is 6.54 Å². The molecule has 1 heterocycles. The Bertz CT molecular complexity index is 630. The van der Waals surface area contributed by atoms with Crippen molar-refractivity contribution >= 4 is 17.8 Å². The maximum absolute atomic E-state index is 12.9. The second-order valence-corrected chi connectivity index (χ2v) is 6.55. The van der Waals surface area contributed by atoms with Crippen LogP contribution in [0.25, 0.3) is 0 Å². The van der Waals surface area contributed by atoms with Crippen molar-refractivity contribution in [1.82, 2.24) is 15.5 Å². The summed E-state index contributed by atoms with van der Waals surface area (Å²) in [5.41, 5.74) is -0.369. The molecule has 1 aromatic rings. The molecule has 6 nitrogen and oxygen atoms in total. The molecule has 0 aromatic heterocycles. The minimum Gasteiger partial charge on any atom is -0.352 e. The summed E-state index contributed by atoms with van der Waals surface area (Å²) in [5.74, 6) is -0.440. The number of imide groups is 1. The third-order valence-corrected chi connectivity index (χ3v) is 4.66. The fourth-order valence-electron chi connectivity index (χ4n) is 2.74. The van der Waals surface area contributed by atoms with Gasteiger partial charge in [0, 0.05) is 6.04 Å². The number of hydrogen-bond acceptors (Lipinski definition) is 3. The summed E-state index contributed by atoms with van der Waals surface area (Å²) in [7, 11) is 0. The van der Waals surface area contributed by atoms with Crippen molar-refractivity contribution in [2.45, 2.75) is 45.7 Å². The molecular formula is C18H25N3O3. The maximum atomic E-state index is 12.9. The van der Waals surface area contributed by atoms with Gasteiger partial charge in [0.2, 0.25) is 5.91 Å². The van der Waals surface area contributed by atoms with E-state index in [4.69, 9.17) is 0 Å². The minimum atomic E-state index is -1.09. The predicted octanol–water partition coefficient (Wildman–Crippen LogP) is 2.00. The van der Waals surface area contributed by atoms with Gasteiger partial charge in [0.05, 0.1) is 0 Å². The van der Waals surface area contributed by atoms with Gasteiger partial charge in [-0.2, -0.15) is 0 Å². The van der Waals surface area contributed by atoms with Crippen molar-refractivity contribution in [3.63, 3.8) is 0 Å². The third-order valence-electron chi connectivity index (χ3n) is 4.66. The lowest BCUT2D eigenvalue weighted by Crippen LogP contribution is -2.46. The van der Waals surface area contributed by atoms with Gasteiger partial charge in [-0.05, 0) is 24.8 Å². The number of hydrogen-bond donors (Lipinski definition) is 2. The Labute approximate surface area is 142 Å². The highest BCUT2D eigenvalue weighted by atomic mass is 16.2. The van der Waals surface area contributed by atoms with E-state index in [-0.39, 0.29) is 30.3 Å². The molecule has 2 N–H and O–H groups in total. The average molecular weight is 331 g/mol. The first kappa shape index (κ1) is 18.0. The van der Waals surface area contributed by atoms with Crippen molar-refractivity contribution < 1.29 is 14.4 Å². The lowest BCUT2D eigenvalue weighted by Gasteiger charge is -2.26. The second-order valence-electron chi connectivity index (χ2n) is 6.55. The van der Waals surface area contributed by atoms with Crippen LogP contribution in [0, 0.1) is 5.92 Å². The van der Waals surface area contributed by atoms with Gasteiger partial charge in [-0.25, -0.2) is 4.79 Å². The zero-order chi connectivity index (χ0) is 17.9. The molecule has 1 fully saturated rings. The number of urea groups is 1. The number of carbonyl (C=O) groups is 3. The molecule has 130 valence electrons. The van der Waals surface area contributed by atoms with Crippen molar-refractivity contribution in [1.29, 1.82) is 0 Å². The molecular weight excluding hydrogens is 306 g/mol. The van der Waals surface area contributed by atoms with E-state index in [0.29, 0.717) is 6.42 Å². The van der Waals surface area contributed by atoms with E-state index >= 15 is 0 Å². The monoisotopic (exact) mass is 331 g/mol. The van der Waals surface area contributed by atoms with Crippen molar-refractivity contribution in [3.05, 3.63) is 35.9 Å². The van der Waals surface area contributed by atoms with Crippen LogP contribution in [0.1, 0.15) is 39.7 Å². The fraction of sp³-hybridized carbons (Fsp3) is 0.500. The van der Waals surface area contributed by atoms with Crippen LogP contribution in [0.2, 0.25) is 0 Å². The zero-order valence-electron chi connectivity index (χ0n) is 14.6. The number of amides is 4. The summed E-state index contributed by atoms with van der Waals surface area (Å²) >= 11 is 0. The molecule has 1 saturated heterocycles. The summed E-state index contributed by atoms with van der Waals surface area (Å²) in [6.45, 7) is 7.47. The summed E-state index contributed by atoms with van der Waals surface area (Å²) in [6.07, 6.45) is 0.419. The Morgan fingerprint density at radius 2 is 1.83 bits per heavy atom. The number of nitrogens with zero attached hydrogens (tertiary/aromatic N) is 1. The highest BCUT2D eigenvalue weighted by Crippen LogP contribution is 2.32. The first-order valence-corrected chi connectivity index (χ1v) is 8.30. The van der Waals surface area contributed by atoms with Crippen LogP contribution in [-0.4, -0.2) is 35.3 Å². The number of rotatable bonds is 6. The fourth-order valence-corrected chi connectivity index (χ4v) is 2.74. The van der Waals surface area contributed by atoms with E-state index in [1.807, 2.05) is 58.0 Å². The SMILES string of the molecule is CC[C@]1(c2ccccc2)NC(=O)N(CC(=O)N[C@H](C)C(C)C)C1=O. The first-order chi connectivity index (χ1) is 11.3. The molecule has 4 amide bonds. The van der Waals surface area contributed by atoms with Gasteiger partial charge in [-0.1, -0.05) is 51.1 Å². The van der Waals surface area contributed by atoms with Crippen LogP contribution < -0.4 is 10.6 Å². The second kappa shape index (κ2) is 7.03. The van der Waals surface area contributed by atoms with Gasteiger partial charge in [-0.3, -0.25) is 14.5 Å². The molecule has 0 spiro atoms. The quantitative estimate of drug-likeness (QED) is 0.783. The third kappa shape index (κ3) is 3.27. The zero-order valence-corrected chi connectivity index (χ0v) is 14.6. The van der Waals surface area contributed by atoms with E-state index in [9.17, 15) is 14.4 Å². The first-order valence-electron chi connectivity index (χ1n) is 8.30. The Morgan fingerprint density at radius 1 is 1.21 bits per heavy atom. The van der Waals surface area contributed by atoms with Crippen LogP contribution in [-0.2, 0) is 15.1 Å². The summed E-state index contributed by atoms with van der Waals surface area (Å²) < 4.78 is 0. The molecule has 24 heavy (non-hydrogen) atoms. The van der Waals surface area contributed by atoms with Gasteiger partial charge < -0.3 is 10.6 Å². The Balaban J connectivity index is 2.18. The van der Waals surface area contributed by atoms with E-state index in [1.165, 1.54) is 0 Å². The van der Waals surface area contributed by atoms with Gasteiger partial charge >= 0.3 is 6.03 Å². The Hall–Kier alpha value is -2.37. The highest BCUT2D eigenvalue weighted by Gasteiger charge is 2.51. The van der Waals surface area contributed by atoms with Crippen LogP contribution in [0.5, 0.6) is 0 Å². The van der Waals surface area contributed by atoms with E-state index < -0.39 is 11.6 Å². The topological polar surface area (TPSA) is 78.5 Å². The molecule has 0 aliphatic carbocycles. The normalized spacial score (nSPS) is 21.8. The number of nitrogens with one attached hydrogen (secondary N) is 2. The predicted molar refractivity (Wildman–Crippen MR) is 91.1 cm³/mol. The molecule has 6 heteroatoms. The summed E-state index contributed by atoms with van der Waals surface area (Å²) in [4.78, 5) is 38.3. The standard InChI is InChI=1S/C18H25N3O3/c1-5-18(14-9-7-6-8-10-14)16(23)21(17(24)20-18)11-15(22)19-13(4)12(2)3/h6-10,12-13H,5,11H2,1-4H3,(H,19,22)(H,20,24)/t13-,18-/m1/s1. The average Bonchev–Trinajstić information content (AvgIpc) is 2.80. The molecule has 0 saturated carbocycles. The molecule has 1 aliphatic heterocycles. The van der Waals surface area contributed by atoms with Gasteiger partial charge in [0.1, 0.15) is 12.1 Å². The Morgan fingerprint density at radius 3 is 2.38 bits per heavy atom. The lowest BCUT2D eigenvalue weighted by molar-refractivity contribution is -0.135. The number of carbonyl (C=O) groups excluding carboxylic acids is 3. The molecule has 0 unspecified atom stereocenters. The maximum Gasteiger partial charge on any atom is 0.325 e. The minimum absolute atomic E-state index is 0.0247. The van der Waals surface area contributed by atoms with Crippen molar-refractivity contribution in [2.24, 2.45) is 5.92 Å². The smallest absolute Gasteiger partial charge is 0.325 e. The van der Waals surface area contributed by atoms with Crippen LogP contribution >= 0.6 is 0 Å². The van der Waals surface area contributed by atoms with E-state index in [0.717, 1.165) is 10.5 Å². The van der Waals surface area contributed by atoms with E-state index in [1.54, 1.807) is 0 Å². The van der Waals surface area contributed by atoms with Gasteiger partial charge in [-0.15, -0.1) is 0 Å². The number of benzene rings is 1. The lowest BCUT2D eigenvalue weighted by atomic mass is 9.87. The Kier molecular flexibility index (Phi) is 5.26. The van der Waals surface area contributed by atoms with Gasteiger partial charge in [0.15, 0.2) is 0 Å². The van der Waals surface area contributed by atoms with Crippen LogP contribution in [0.15, 0.2) is 30.3 Å². The molecule has 2 atom stereocenters. The molecule has 1 aliphatic rings. The van der Waals surface area contributed by atoms with Crippen LogP contribution in [0.4, 0.5) is 4.79 Å². The summed E-state index contributed by atoms with van der Waals surface area (Å²) in [5, 5.41) is 5.59. The molecule has 0 bridgehead atoms. The van der Waals surface area contributed by atoms with Gasteiger partial charge in [0.25, 0.3) is 5.91 Å². The van der Waals surface area contributed by atoms with E-state index in [2.05, 4.69) is 10.6 Å².